The Hall–Kier alpha value is -3.62. The van der Waals surface area contributed by atoms with E-state index in [0.29, 0.717) is 21.6 Å². The highest BCUT2D eigenvalue weighted by atomic mass is 35.5. The number of aliphatic hydroxyl groups excluding tert-OH is 2. The van der Waals surface area contributed by atoms with Crippen LogP contribution in [0.2, 0.25) is 5.02 Å². The van der Waals surface area contributed by atoms with Gasteiger partial charge in [0.1, 0.15) is 30.0 Å². The van der Waals surface area contributed by atoms with Crippen molar-refractivity contribution in [1.29, 1.82) is 0 Å². The van der Waals surface area contributed by atoms with Crippen molar-refractivity contribution in [3.8, 4) is 11.3 Å². The Balaban J connectivity index is 1.51. The van der Waals surface area contributed by atoms with Crippen LogP contribution in [0.25, 0.3) is 22.2 Å². The zero-order valence-corrected chi connectivity index (χ0v) is 21.8. The lowest BCUT2D eigenvalue weighted by atomic mass is 9.91. The number of carbonyl (C=O) groups is 1. The Morgan fingerprint density at radius 1 is 1.23 bits per heavy atom. The fourth-order valence-corrected chi connectivity index (χ4v) is 5.04. The summed E-state index contributed by atoms with van der Waals surface area (Å²) < 4.78 is 53.6. The van der Waals surface area contributed by atoms with Crippen LogP contribution in [0.4, 0.5) is 18.9 Å². The third kappa shape index (κ3) is 4.90. The van der Waals surface area contributed by atoms with Gasteiger partial charge < -0.3 is 24.6 Å². The van der Waals surface area contributed by atoms with Gasteiger partial charge in [-0.3, -0.25) is 9.78 Å². The number of carbonyl (C=O) groups excluding carboxylic acids is 1. The van der Waals surface area contributed by atoms with Gasteiger partial charge in [-0.2, -0.15) is 0 Å². The quantitative estimate of drug-likeness (QED) is 0.336. The highest BCUT2D eigenvalue weighted by Gasteiger charge is 2.50. The van der Waals surface area contributed by atoms with Gasteiger partial charge in [0.2, 0.25) is 0 Å². The van der Waals surface area contributed by atoms with Crippen molar-refractivity contribution in [2.45, 2.75) is 30.5 Å². The second-order valence-corrected chi connectivity index (χ2v) is 9.63. The smallest absolute Gasteiger partial charge is 0.258 e. The topological polar surface area (TPSA) is 123 Å². The molecule has 5 rings (SSSR count). The zero-order chi connectivity index (χ0) is 28.7. The number of hydrogen-bond acceptors (Lipinski definition) is 8. The Labute approximate surface area is 230 Å². The van der Waals surface area contributed by atoms with E-state index in [1.54, 1.807) is 30.5 Å². The summed E-state index contributed by atoms with van der Waals surface area (Å²) >= 11 is 6.29. The number of pyridine rings is 1. The highest BCUT2D eigenvalue weighted by molar-refractivity contribution is 6.32. The minimum Gasteiger partial charge on any atom is -0.394 e. The summed E-state index contributed by atoms with van der Waals surface area (Å²) in [6.45, 7) is -0.654. The van der Waals surface area contributed by atoms with Crippen molar-refractivity contribution < 1.29 is 37.7 Å². The van der Waals surface area contributed by atoms with Crippen molar-refractivity contribution in [3.63, 3.8) is 0 Å². The molecule has 0 saturated carbocycles. The van der Waals surface area contributed by atoms with Crippen molar-refractivity contribution in [2.75, 3.05) is 25.7 Å². The first-order chi connectivity index (χ1) is 19.1. The van der Waals surface area contributed by atoms with Crippen molar-refractivity contribution in [3.05, 3.63) is 71.3 Å². The fraction of sp³-hybridized carbons (Fsp3) is 0.308. The van der Waals surface area contributed by atoms with E-state index in [9.17, 15) is 28.2 Å². The number of ether oxygens (including phenoxy) is 2. The molecule has 1 aliphatic rings. The van der Waals surface area contributed by atoms with Crippen LogP contribution in [0, 0.1) is 17.5 Å². The predicted molar refractivity (Wildman–Crippen MR) is 137 cm³/mol. The third-order valence-electron chi connectivity index (χ3n) is 6.82. The molecular weight excluding hydrogens is 555 g/mol. The largest absolute Gasteiger partial charge is 0.394 e. The molecule has 1 amide bonds. The number of amides is 1. The van der Waals surface area contributed by atoms with Gasteiger partial charge >= 0.3 is 0 Å². The SMILES string of the molecule is COC1C(C(=O)N(C)c2cc(Cl)cc3cccnc23)OC(CO)C(O)C1n1cc(-c2cc(F)c(F)c(F)c2)nn1. The van der Waals surface area contributed by atoms with Gasteiger partial charge in [-0.05, 0) is 30.3 Å². The molecule has 210 valence electrons. The Morgan fingerprint density at radius 2 is 1.95 bits per heavy atom. The van der Waals surface area contributed by atoms with E-state index >= 15 is 0 Å². The molecule has 1 saturated heterocycles. The molecule has 0 bridgehead atoms. The molecule has 5 unspecified atom stereocenters. The van der Waals surface area contributed by atoms with Gasteiger partial charge in [0.25, 0.3) is 5.91 Å². The molecule has 2 N–H and O–H groups in total. The van der Waals surface area contributed by atoms with E-state index in [2.05, 4.69) is 15.3 Å². The average Bonchev–Trinajstić information content (AvgIpc) is 3.43. The molecule has 4 aromatic rings. The van der Waals surface area contributed by atoms with Crippen LogP contribution >= 0.6 is 11.6 Å². The summed E-state index contributed by atoms with van der Waals surface area (Å²) in [6, 6.07) is 7.17. The van der Waals surface area contributed by atoms with Crippen molar-refractivity contribution in [2.24, 2.45) is 0 Å². The van der Waals surface area contributed by atoms with E-state index in [1.807, 2.05) is 0 Å². The molecule has 0 radical (unpaired) electrons. The number of likely N-dealkylation sites (N-methyl/N-ethyl adjacent to an activating group) is 1. The van der Waals surface area contributed by atoms with Crippen LogP contribution in [0.1, 0.15) is 6.04 Å². The molecule has 1 fully saturated rings. The van der Waals surface area contributed by atoms with Gasteiger partial charge in [-0.25, -0.2) is 17.9 Å². The van der Waals surface area contributed by atoms with E-state index in [0.717, 1.165) is 16.8 Å². The standard InChI is InChI=1S/C26H23ClF3N5O5/c1-34(18-9-14(27)6-12-4-3-5-31-21(12)18)26(38)25-24(39-2)22(23(37)19(11-36)40-25)35-10-17(32-33-35)13-7-15(28)20(30)16(29)8-13/h3-10,19,22-25,36-37H,11H2,1-2H3. The molecule has 1 aliphatic heterocycles. The van der Waals surface area contributed by atoms with Gasteiger partial charge in [-0.1, -0.05) is 22.9 Å². The number of methoxy groups -OCH3 is 1. The first-order valence-electron chi connectivity index (χ1n) is 12.0. The number of anilines is 1. The van der Waals surface area contributed by atoms with Crippen LogP contribution in [0.5, 0.6) is 0 Å². The fourth-order valence-electron chi connectivity index (χ4n) is 4.82. The lowest BCUT2D eigenvalue weighted by Gasteiger charge is -2.43. The molecular formula is C26H23ClF3N5O5. The molecule has 0 aliphatic carbocycles. The van der Waals surface area contributed by atoms with Gasteiger partial charge in [0, 0.05) is 36.3 Å². The number of aliphatic hydroxyl groups is 2. The number of hydrogen-bond donors (Lipinski definition) is 2. The third-order valence-corrected chi connectivity index (χ3v) is 7.04. The summed E-state index contributed by atoms with van der Waals surface area (Å²) in [6.07, 6.45) is -2.36. The average molecular weight is 578 g/mol. The maximum absolute atomic E-state index is 13.8. The van der Waals surface area contributed by atoms with E-state index < -0.39 is 60.4 Å². The Morgan fingerprint density at radius 3 is 2.62 bits per heavy atom. The molecule has 10 nitrogen and oxygen atoms in total. The van der Waals surface area contributed by atoms with Gasteiger partial charge in [0.05, 0.1) is 24.0 Å². The predicted octanol–water partition coefficient (Wildman–Crippen LogP) is 2.90. The lowest BCUT2D eigenvalue weighted by Crippen LogP contribution is -2.60. The van der Waals surface area contributed by atoms with E-state index in [1.165, 1.54) is 25.3 Å². The minimum absolute atomic E-state index is 0.0386. The van der Waals surface area contributed by atoms with E-state index in [-0.39, 0.29) is 11.3 Å². The molecule has 0 spiro atoms. The first kappa shape index (κ1) is 27.9. The number of rotatable bonds is 6. The van der Waals surface area contributed by atoms with Crippen LogP contribution in [0.3, 0.4) is 0 Å². The lowest BCUT2D eigenvalue weighted by molar-refractivity contribution is -0.211. The second kappa shape index (κ2) is 11.1. The Kier molecular flexibility index (Phi) is 7.75. The van der Waals surface area contributed by atoms with E-state index in [4.69, 9.17) is 21.1 Å². The molecule has 40 heavy (non-hydrogen) atoms. The maximum Gasteiger partial charge on any atom is 0.258 e. The van der Waals surface area contributed by atoms with Gasteiger partial charge in [-0.15, -0.1) is 5.10 Å². The first-order valence-corrected chi connectivity index (χ1v) is 12.4. The number of nitrogens with zero attached hydrogens (tertiary/aromatic N) is 5. The summed E-state index contributed by atoms with van der Waals surface area (Å²) in [5, 5.41) is 29.9. The van der Waals surface area contributed by atoms with Crippen molar-refractivity contribution in [1.82, 2.24) is 20.0 Å². The van der Waals surface area contributed by atoms with Gasteiger partial charge in [0.15, 0.2) is 23.6 Å². The molecule has 5 atom stereocenters. The van der Waals surface area contributed by atoms with Crippen LogP contribution in [-0.4, -0.2) is 81.3 Å². The number of halogens is 4. The van der Waals surface area contributed by atoms with Crippen LogP contribution in [-0.2, 0) is 14.3 Å². The summed E-state index contributed by atoms with van der Waals surface area (Å²) in [7, 11) is 2.80. The van der Waals surface area contributed by atoms with Crippen LogP contribution < -0.4 is 4.90 Å². The molecule has 2 aromatic carbocycles. The summed E-state index contributed by atoms with van der Waals surface area (Å²) in [5.74, 6) is -5.06. The summed E-state index contributed by atoms with van der Waals surface area (Å²) in [5.41, 5.74) is 0.744. The molecule has 3 heterocycles. The highest BCUT2D eigenvalue weighted by Crippen LogP contribution is 2.35. The second-order valence-electron chi connectivity index (χ2n) is 9.19. The minimum atomic E-state index is -1.63. The number of benzene rings is 2. The zero-order valence-electron chi connectivity index (χ0n) is 21.1. The van der Waals surface area contributed by atoms with Crippen LogP contribution in [0.15, 0.2) is 48.8 Å². The normalized spacial score (nSPS) is 22.9. The monoisotopic (exact) mass is 577 g/mol. The Bertz CT molecular complexity index is 1550. The molecule has 2 aromatic heterocycles. The molecule has 14 heteroatoms. The summed E-state index contributed by atoms with van der Waals surface area (Å²) in [4.78, 5) is 19.5. The number of fused-ring (bicyclic) bond motifs is 1. The maximum atomic E-state index is 13.8. The van der Waals surface area contributed by atoms with Crippen molar-refractivity contribution >= 4 is 34.1 Å². The number of aromatic nitrogens is 4.